The average molecular weight is 386 g/mol. The fraction of sp³-hybridized carbons (Fsp3) is 0.667. The van der Waals surface area contributed by atoms with Gasteiger partial charge in [-0.25, -0.2) is 4.98 Å². The quantitative estimate of drug-likeness (QED) is 0.856. The lowest BCUT2D eigenvalue weighted by molar-refractivity contribution is -0.136. The zero-order valence-electron chi connectivity index (χ0n) is 16.4. The molecule has 152 valence electrons. The number of hydrogen-bond acceptors (Lipinski definition) is 5. The lowest BCUT2D eigenvalue weighted by Crippen LogP contribution is -2.51. The lowest BCUT2D eigenvalue weighted by Gasteiger charge is -2.42. The number of aromatic hydroxyl groups is 1. The number of carbonyl (C=O) groups excluding carboxylic acids is 2. The first-order valence-electron chi connectivity index (χ1n) is 10.6. The molecule has 0 radical (unpaired) electrons. The van der Waals surface area contributed by atoms with E-state index in [1.807, 2.05) is 4.90 Å². The molecule has 2 amide bonds. The summed E-state index contributed by atoms with van der Waals surface area (Å²) in [4.78, 5) is 35.8. The summed E-state index contributed by atoms with van der Waals surface area (Å²) >= 11 is 0. The third-order valence-electron chi connectivity index (χ3n) is 6.45. The Morgan fingerprint density at radius 2 is 1.68 bits per heavy atom. The van der Waals surface area contributed by atoms with Crippen molar-refractivity contribution in [3.05, 3.63) is 24.0 Å². The number of carbonyl (C=O) groups is 2. The Morgan fingerprint density at radius 3 is 2.36 bits per heavy atom. The Morgan fingerprint density at radius 1 is 0.929 bits per heavy atom. The van der Waals surface area contributed by atoms with Gasteiger partial charge in [-0.15, -0.1) is 0 Å². The first-order valence-corrected chi connectivity index (χ1v) is 10.6. The topological polar surface area (TPSA) is 77.0 Å². The number of rotatable bonds is 3. The van der Waals surface area contributed by atoms with Crippen LogP contribution in [0.2, 0.25) is 0 Å². The maximum atomic E-state index is 12.8. The van der Waals surface area contributed by atoms with Crippen LogP contribution in [0.25, 0.3) is 0 Å². The summed E-state index contributed by atoms with van der Waals surface area (Å²) in [7, 11) is 0. The summed E-state index contributed by atoms with van der Waals surface area (Å²) in [5.74, 6) is 0.499. The van der Waals surface area contributed by atoms with Crippen molar-refractivity contribution >= 4 is 11.8 Å². The first kappa shape index (κ1) is 19.2. The van der Waals surface area contributed by atoms with Gasteiger partial charge in [0.2, 0.25) is 5.91 Å². The second-order valence-corrected chi connectivity index (χ2v) is 8.29. The van der Waals surface area contributed by atoms with Gasteiger partial charge < -0.3 is 14.9 Å². The van der Waals surface area contributed by atoms with Crippen LogP contribution in [-0.2, 0) is 4.79 Å². The molecule has 1 aromatic heterocycles. The van der Waals surface area contributed by atoms with Crippen molar-refractivity contribution in [1.82, 2.24) is 19.7 Å². The smallest absolute Gasteiger partial charge is 0.272 e. The summed E-state index contributed by atoms with van der Waals surface area (Å²) in [6.45, 7) is 5.22. The average Bonchev–Trinajstić information content (AvgIpc) is 3.28. The molecule has 28 heavy (non-hydrogen) atoms. The minimum atomic E-state index is -0.0702. The highest BCUT2D eigenvalue weighted by Crippen LogP contribution is 2.26. The van der Waals surface area contributed by atoms with Crippen molar-refractivity contribution in [2.24, 2.45) is 5.92 Å². The normalized spacial score (nSPS) is 24.5. The van der Waals surface area contributed by atoms with Gasteiger partial charge in [-0.2, -0.15) is 0 Å². The summed E-state index contributed by atoms with van der Waals surface area (Å²) in [5.41, 5.74) is 0.380. The number of likely N-dealkylation sites (tertiary alicyclic amines) is 3. The molecule has 4 heterocycles. The Bertz CT molecular complexity index is 694. The first-order chi connectivity index (χ1) is 13.6. The van der Waals surface area contributed by atoms with Crippen LogP contribution in [0.15, 0.2) is 18.3 Å². The number of nitrogens with zero attached hydrogens (tertiary/aromatic N) is 4. The molecule has 0 bridgehead atoms. The van der Waals surface area contributed by atoms with E-state index in [1.165, 1.54) is 12.3 Å². The summed E-state index contributed by atoms with van der Waals surface area (Å²) in [6, 6.07) is 3.52. The molecule has 0 unspecified atom stereocenters. The van der Waals surface area contributed by atoms with Crippen molar-refractivity contribution < 1.29 is 14.7 Å². The maximum absolute atomic E-state index is 12.8. The SMILES string of the molecule is O=C(c1ccc(O)cn1)N1CCC(N2CCC[C@H](C(=O)N3CCCC3)C2)CC1. The van der Waals surface area contributed by atoms with Crippen LogP contribution in [0.5, 0.6) is 5.75 Å². The van der Waals surface area contributed by atoms with Gasteiger partial charge in [0.05, 0.1) is 12.1 Å². The fourth-order valence-corrected chi connectivity index (χ4v) is 4.84. The van der Waals surface area contributed by atoms with E-state index in [1.54, 1.807) is 6.07 Å². The fourth-order valence-electron chi connectivity index (χ4n) is 4.84. The van der Waals surface area contributed by atoms with Crippen LogP contribution >= 0.6 is 0 Å². The molecule has 0 aromatic carbocycles. The third-order valence-corrected chi connectivity index (χ3v) is 6.45. The number of amides is 2. The van der Waals surface area contributed by atoms with Crippen LogP contribution in [0.3, 0.4) is 0 Å². The largest absolute Gasteiger partial charge is 0.506 e. The molecule has 1 N–H and O–H groups in total. The molecule has 3 aliphatic heterocycles. The van der Waals surface area contributed by atoms with E-state index in [0.29, 0.717) is 30.7 Å². The number of pyridine rings is 1. The van der Waals surface area contributed by atoms with Gasteiger partial charge in [0, 0.05) is 38.8 Å². The van der Waals surface area contributed by atoms with E-state index in [4.69, 9.17) is 0 Å². The highest BCUT2D eigenvalue weighted by atomic mass is 16.3. The zero-order chi connectivity index (χ0) is 19.5. The molecule has 7 heteroatoms. The highest BCUT2D eigenvalue weighted by Gasteiger charge is 2.34. The molecule has 1 atom stereocenters. The molecule has 4 rings (SSSR count). The van der Waals surface area contributed by atoms with Gasteiger partial charge in [-0.05, 0) is 57.2 Å². The summed E-state index contributed by atoms with van der Waals surface area (Å²) in [5, 5.41) is 9.34. The van der Waals surface area contributed by atoms with E-state index in [2.05, 4.69) is 14.8 Å². The molecular formula is C21H30N4O3. The molecular weight excluding hydrogens is 356 g/mol. The van der Waals surface area contributed by atoms with Gasteiger partial charge in [-0.3, -0.25) is 14.5 Å². The molecule has 0 aliphatic carbocycles. The van der Waals surface area contributed by atoms with Crippen LogP contribution in [0.4, 0.5) is 0 Å². The second kappa shape index (κ2) is 8.47. The van der Waals surface area contributed by atoms with Crippen molar-refractivity contribution in [3.8, 4) is 5.75 Å². The van der Waals surface area contributed by atoms with E-state index < -0.39 is 0 Å². The number of piperidine rings is 2. The molecule has 1 aromatic rings. The summed E-state index contributed by atoms with van der Waals surface area (Å²) < 4.78 is 0. The molecule has 7 nitrogen and oxygen atoms in total. The predicted molar refractivity (Wildman–Crippen MR) is 105 cm³/mol. The number of hydrogen-bond donors (Lipinski definition) is 1. The minimum absolute atomic E-state index is 0.0680. The van der Waals surface area contributed by atoms with Gasteiger partial charge in [0.1, 0.15) is 11.4 Å². The van der Waals surface area contributed by atoms with E-state index in [-0.39, 0.29) is 17.6 Å². The third kappa shape index (κ3) is 4.14. The van der Waals surface area contributed by atoms with Crippen LogP contribution < -0.4 is 0 Å². The Kier molecular flexibility index (Phi) is 5.80. The summed E-state index contributed by atoms with van der Waals surface area (Å²) in [6.07, 6.45) is 7.57. The van der Waals surface area contributed by atoms with E-state index in [9.17, 15) is 14.7 Å². The zero-order valence-corrected chi connectivity index (χ0v) is 16.4. The van der Waals surface area contributed by atoms with E-state index in [0.717, 1.165) is 64.7 Å². The van der Waals surface area contributed by atoms with Gasteiger partial charge in [0.15, 0.2) is 0 Å². The minimum Gasteiger partial charge on any atom is -0.506 e. The maximum Gasteiger partial charge on any atom is 0.272 e. The van der Waals surface area contributed by atoms with Gasteiger partial charge in [-0.1, -0.05) is 0 Å². The van der Waals surface area contributed by atoms with Crippen molar-refractivity contribution in [2.45, 2.75) is 44.6 Å². The van der Waals surface area contributed by atoms with Gasteiger partial charge >= 0.3 is 0 Å². The number of aromatic nitrogens is 1. The lowest BCUT2D eigenvalue weighted by atomic mass is 9.93. The van der Waals surface area contributed by atoms with Crippen LogP contribution in [-0.4, -0.2) is 81.9 Å². The molecule has 3 saturated heterocycles. The molecule has 3 aliphatic rings. The van der Waals surface area contributed by atoms with E-state index >= 15 is 0 Å². The van der Waals surface area contributed by atoms with Gasteiger partial charge in [0.25, 0.3) is 5.91 Å². The molecule has 3 fully saturated rings. The van der Waals surface area contributed by atoms with Crippen LogP contribution in [0.1, 0.15) is 49.0 Å². The Labute approximate surface area is 166 Å². The van der Waals surface area contributed by atoms with Crippen molar-refractivity contribution in [1.29, 1.82) is 0 Å². The van der Waals surface area contributed by atoms with Crippen molar-refractivity contribution in [3.63, 3.8) is 0 Å². The molecule has 0 spiro atoms. The Balaban J connectivity index is 1.30. The highest BCUT2D eigenvalue weighted by molar-refractivity contribution is 5.92. The predicted octanol–water partition coefficient (Wildman–Crippen LogP) is 1.73. The Hall–Kier alpha value is -2.15. The second-order valence-electron chi connectivity index (χ2n) is 8.29. The van der Waals surface area contributed by atoms with Crippen molar-refractivity contribution in [2.75, 3.05) is 39.3 Å². The molecule has 0 saturated carbocycles. The standard InChI is InChI=1S/C21H30N4O3/c26-18-5-6-19(22-14-18)21(28)24-12-7-17(8-13-24)25-11-3-4-16(15-25)20(27)23-9-1-2-10-23/h5-6,14,16-17,26H,1-4,7-13,15H2/t16-/m0/s1. The monoisotopic (exact) mass is 386 g/mol. The van der Waals surface area contributed by atoms with Crippen LogP contribution in [0, 0.1) is 5.92 Å².